The highest BCUT2D eigenvalue weighted by Gasteiger charge is 2.25. The molecule has 3 aromatic heterocycles. The van der Waals surface area contributed by atoms with Crippen LogP contribution in [0.4, 0.5) is 5.00 Å². The number of ether oxygens (including phenoxy) is 2. The number of nitrogens with one attached hydrogen (secondary N) is 1. The fourth-order valence-electron chi connectivity index (χ4n) is 3.41. The third kappa shape index (κ3) is 5.24. The molecular formula is C24H20BrClN4O4S. The van der Waals surface area contributed by atoms with Crippen LogP contribution < -0.4 is 10.1 Å². The molecule has 3 heterocycles. The Morgan fingerprint density at radius 2 is 1.91 bits per heavy atom. The molecule has 1 unspecified atom stereocenters. The Bertz CT molecular complexity index is 1390. The van der Waals surface area contributed by atoms with Crippen molar-refractivity contribution in [1.82, 2.24) is 14.8 Å². The molecule has 0 saturated heterocycles. The monoisotopic (exact) mass is 574 g/mol. The van der Waals surface area contributed by atoms with Gasteiger partial charge in [-0.05, 0) is 51.8 Å². The van der Waals surface area contributed by atoms with Gasteiger partial charge in [0, 0.05) is 23.1 Å². The van der Waals surface area contributed by atoms with E-state index in [4.69, 9.17) is 21.1 Å². The predicted octanol–water partition coefficient (Wildman–Crippen LogP) is 5.94. The fourth-order valence-corrected chi connectivity index (χ4v) is 5.11. The summed E-state index contributed by atoms with van der Waals surface area (Å²) in [5.74, 6) is -0.0101. The molecular weight excluding hydrogens is 556 g/mol. The van der Waals surface area contributed by atoms with Crippen LogP contribution in [0.5, 0.6) is 5.75 Å². The van der Waals surface area contributed by atoms with Gasteiger partial charge >= 0.3 is 5.97 Å². The maximum absolute atomic E-state index is 13.3. The zero-order valence-corrected chi connectivity index (χ0v) is 22.1. The number of halogens is 2. The third-order valence-corrected chi connectivity index (χ3v) is 7.19. The minimum atomic E-state index is -0.549. The first kappa shape index (κ1) is 24.9. The van der Waals surface area contributed by atoms with Crippen LogP contribution in [-0.2, 0) is 4.74 Å². The van der Waals surface area contributed by atoms with Gasteiger partial charge in [0.25, 0.3) is 5.91 Å². The molecule has 4 aromatic rings. The van der Waals surface area contributed by atoms with Crippen molar-refractivity contribution in [2.45, 2.75) is 12.8 Å². The summed E-state index contributed by atoms with van der Waals surface area (Å²) < 4.78 is 12.0. The van der Waals surface area contributed by atoms with Crippen LogP contribution in [0.3, 0.4) is 0 Å². The van der Waals surface area contributed by atoms with E-state index in [0.717, 1.165) is 16.2 Å². The van der Waals surface area contributed by atoms with Crippen molar-refractivity contribution in [3.05, 3.63) is 86.1 Å². The van der Waals surface area contributed by atoms with Crippen molar-refractivity contribution in [2.75, 3.05) is 19.5 Å². The highest BCUT2D eigenvalue weighted by molar-refractivity contribution is 9.10. The van der Waals surface area contributed by atoms with E-state index in [-0.39, 0.29) is 17.2 Å². The van der Waals surface area contributed by atoms with Gasteiger partial charge in [0.15, 0.2) is 5.82 Å². The van der Waals surface area contributed by atoms with Crippen LogP contribution in [0, 0.1) is 0 Å². The van der Waals surface area contributed by atoms with E-state index >= 15 is 0 Å². The van der Waals surface area contributed by atoms with Crippen LogP contribution >= 0.6 is 38.9 Å². The highest BCUT2D eigenvalue weighted by Crippen LogP contribution is 2.37. The van der Waals surface area contributed by atoms with Crippen molar-refractivity contribution in [3.63, 3.8) is 0 Å². The number of nitrogens with zero attached hydrogens (tertiary/aromatic N) is 3. The number of carbonyl (C=O) groups excluding carboxylic acids is 2. The molecule has 0 saturated carbocycles. The highest BCUT2D eigenvalue weighted by atomic mass is 79.9. The molecule has 11 heteroatoms. The summed E-state index contributed by atoms with van der Waals surface area (Å²) in [6, 6.07) is 14.3. The second kappa shape index (κ2) is 10.6. The number of aromatic nitrogens is 3. The van der Waals surface area contributed by atoms with E-state index in [1.165, 1.54) is 23.1 Å². The number of anilines is 1. The summed E-state index contributed by atoms with van der Waals surface area (Å²) in [6.07, 6.45) is 1.56. The number of hydrogen-bond donors (Lipinski definition) is 1. The van der Waals surface area contributed by atoms with Gasteiger partial charge in [-0.25, -0.2) is 14.5 Å². The summed E-state index contributed by atoms with van der Waals surface area (Å²) in [5, 5.41) is 7.83. The SMILES string of the molecule is COC(=O)c1cc(C(C)c2ccc(OC)cc2)sc1NC(=O)c1cc(Br)nn1-c1ncccc1Cl. The molecule has 0 spiro atoms. The number of pyridine rings is 1. The van der Waals surface area contributed by atoms with Gasteiger partial charge in [0.1, 0.15) is 21.0 Å². The molecule has 1 amide bonds. The van der Waals surface area contributed by atoms with E-state index in [9.17, 15) is 9.59 Å². The summed E-state index contributed by atoms with van der Waals surface area (Å²) in [7, 11) is 2.91. The molecule has 8 nitrogen and oxygen atoms in total. The number of hydrogen-bond acceptors (Lipinski definition) is 7. The number of thiophene rings is 1. The first-order valence-electron chi connectivity index (χ1n) is 10.4. The standard InChI is InChI=1S/C24H20BrClN4O4S/c1-13(14-6-8-15(33-2)9-7-14)19-11-16(24(32)34-3)23(35-19)28-22(31)18-12-20(25)29-30(18)21-17(26)5-4-10-27-21/h4-13H,1-3H3,(H,28,31). The lowest BCUT2D eigenvalue weighted by atomic mass is 9.99. The maximum Gasteiger partial charge on any atom is 0.340 e. The quantitative estimate of drug-likeness (QED) is 0.274. The van der Waals surface area contributed by atoms with E-state index in [1.807, 2.05) is 31.2 Å². The maximum atomic E-state index is 13.3. The fraction of sp³-hybridized carbons (Fsp3) is 0.167. The molecule has 0 fully saturated rings. The van der Waals surface area contributed by atoms with Gasteiger partial charge in [0.05, 0.1) is 24.8 Å². The van der Waals surface area contributed by atoms with Gasteiger partial charge in [-0.15, -0.1) is 11.3 Å². The Kier molecular flexibility index (Phi) is 7.54. The van der Waals surface area contributed by atoms with Crippen molar-refractivity contribution in [1.29, 1.82) is 0 Å². The smallest absolute Gasteiger partial charge is 0.340 e. The summed E-state index contributed by atoms with van der Waals surface area (Å²) in [5.41, 5.74) is 1.49. The predicted molar refractivity (Wildman–Crippen MR) is 138 cm³/mol. The number of esters is 1. The Morgan fingerprint density at radius 1 is 1.17 bits per heavy atom. The van der Waals surface area contributed by atoms with Gasteiger partial charge in [0.2, 0.25) is 0 Å². The molecule has 35 heavy (non-hydrogen) atoms. The lowest BCUT2D eigenvalue weighted by Gasteiger charge is -2.10. The summed E-state index contributed by atoms with van der Waals surface area (Å²) in [4.78, 5) is 30.9. The molecule has 0 aliphatic heterocycles. The number of amides is 1. The molecule has 1 N–H and O–H groups in total. The summed E-state index contributed by atoms with van der Waals surface area (Å²) in [6.45, 7) is 2.02. The van der Waals surface area contributed by atoms with E-state index < -0.39 is 11.9 Å². The first-order valence-corrected chi connectivity index (χ1v) is 12.3. The number of methoxy groups -OCH3 is 2. The lowest BCUT2D eigenvalue weighted by molar-refractivity contribution is 0.0602. The van der Waals surface area contributed by atoms with Gasteiger partial charge in [-0.1, -0.05) is 30.7 Å². The average molecular weight is 576 g/mol. The minimum absolute atomic E-state index is 0.0352. The van der Waals surface area contributed by atoms with Crippen molar-refractivity contribution < 1.29 is 19.1 Å². The van der Waals surface area contributed by atoms with Crippen LogP contribution in [0.1, 0.15) is 44.1 Å². The second-order valence-corrected chi connectivity index (χ2v) is 9.71. The van der Waals surface area contributed by atoms with Crippen molar-refractivity contribution in [3.8, 4) is 11.6 Å². The van der Waals surface area contributed by atoms with Crippen LogP contribution in [-0.4, -0.2) is 40.9 Å². The zero-order valence-electron chi connectivity index (χ0n) is 18.9. The Hall–Kier alpha value is -3.21. The van der Waals surface area contributed by atoms with E-state index in [2.05, 4.69) is 31.3 Å². The van der Waals surface area contributed by atoms with Gasteiger partial charge in [-0.3, -0.25) is 4.79 Å². The molecule has 0 aliphatic carbocycles. The Labute approximate surface area is 219 Å². The van der Waals surface area contributed by atoms with Crippen LogP contribution in [0.15, 0.2) is 59.3 Å². The normalized spacial score (nSPS) is 11.7. The van der Waals surface area contributed by atoms with E-state index in [0.29, 0.717) is 20.4 Å². The molecule has 180 valence electrons. The number of rotatable bonds is 7. The van der Waals surface area contributed by atoms with Crippen molar-refractivity contribution in [2.24, 2.45) is 0 Å². The van der Waals surface area contributed by atoms with Gasteiger partial charge in [-0.2, -0.15) is 5.10 Å². The van der Waals surface area contributed by atoms with E-state index in [1.54, 1.807) is 37.6 Å². The molecule has 0 aliphatic rings. The largest absolute Gasteiger partial charge is 0.497 e. The van der Waals surface area contributed by atoms with Crippen LogP contribution in [0.25, 0.3) is 5.82 Å². The van der Waals surface area contributed by atoms with Crippen molar-refractivity contribution >= 4 is 55.7 Å². The topological polar surface area (TPSA) is 95.3 Å². The molecule has 1 atom stereocenters. The molecule has 0 bridgehead atoms. The zero-order chi connectivity index (χ0) is 25.1. The first-order chi connectivity index (χ1) is 16.8. The average Bonchev–Trinajstić information content (AvgIpc) is 3.47. The lowest BCUT2D eigenvalue weighted by Crippen LogP contribution is -2.18. The minimum Gasteiger partial charge on any atom is -0.497 e. The molecule has 0 radical (unpaired) electrons. The molecule has 4 rings (SSSR count). The Balaban J connectivity index is 1.68. The third-order valence-electron chi connectivity index (χ3n) is 5.28. The summed E-state index contributed by atoms with van der Waals surface area (Å²) >= 11 is 10.9. The molecule has 1 aromatic carbocycles. The Morgan fingerprint density at radius 3 is 2.57 bits per heavy atom. The number of benzene rings is 1. The van der Waals surface area contributed by atoms with Crippen LogP contribution in [0.2, 0.25) is 5.02 Å². The van der Waals surface area contributed by atoms with Gasteiger partial charge < -0.3 is 14.8 Å². The number of carbonyl (C=O) groups is 2. The second-order valence-electron chi connectivity index (χ2n) is 7.41.